The van der Waals surface area contributed by atoms with Crippen LogP contribution in [0, 0.1) is 0 Å². The van der Waals surface area contributed by atoms with Gasteiger partial charge in [-0.15, -0.1) is 0 Å². The number of rotatable bonds is 6. The Morgan fingerprint density at radius 2 is 1.95 bits per heavy atom. The highest BCUT2D eigenvalue weighted by Crippen LogP contribution is 2.32. The summed E-state index contributed by atoms with van der Waals surface area (Å²) in [6, 6.07) is 12.8. The molecule has 0 radical (unpaired) electrons. The molecular weight excluding hydrogens is 297 g/mol. The zero-order chi connectivity index (χ0) is 14.4. The van der Waals surface area contributed by atoms with Gasteiger partial charge in [0.25, 0.3) is 0 Å². The molecule has 1 N–H and O–H groups in total. The van der Waals surface area contributed by atoms with Gasteiger partial charge in [0.05, 0.1) is 11.6 Å². The highest BCUT2D eigenvalue weighted by Gasteiger charge is 2.04. The van der Waals surface area contributed by atoms with E-state index in [9.17, 15) is 0 Å². The lowest BCUT2D eigenvalue weighted by Gasteiger charge is -2.10. The molecule has 5 heteroatoms. The minimum Gasteiger partial charge on any atom is -0.456 e. The third-order valence-corrected chi connectivity index (χ3v) is 3.12. The molecule has 0 bridgehead atoms. The molecule has 0 unspecified atom stereocenters. The minimum absolute atomic E-state index is 0.482. The first-order valence-electron chi connectivity index (χ1n) is 6.15. The largest absolute Gasteiger partial charge is 0.456 e. The van der Waals surface area contributed by atoms with Gasteiger partial charge in [0.1, 0.15) is 11.5 Å². The maximum absolute atomic E-state index is 6.08. The fourth-order valence-electron chi connectivity index (χ4n) is 1.65. The number of nitrogens with one attached hydrogen (secondary N) is 1. The highest BCUT2D eigenvalue weighted by molar-refractivity contribution is 6.35. The lowest BCUT2D eigenvalue weighted by molar-refractivity contribution is 0.211. The predicted molar refractivity (Wildman–Crippen MR) is 83.3 cm³/mol. The molecule has 0 fully saturated rings. The van der Waals surface area contributed by atoms with Crippen molar-refractivity contribution in [1.29, 1.82) is 0 Å². The van der Waals surface area contributed by atoms with Gasteiger partial charge in [-0.25, -0.2) is 0 Å². The van der Waals surface area contributed by atoms with E-state index in [2.05, 4.69) is 5.32 Å². The minimum atomic E-state index is 0.482. The van der Waals surface area contributed by atoms with Gasteiger partial charge >= 0.3 is 0 Å². The van der Waals surface area contributed by atoms with Crippen LogP contribution >= 0.6 is 23.2 Å². The number of ether oxygens (including phenoxy) is 2. The molecule has 0 aliphatic carbocycles. The van der Waals surface area contributed by atoms with Crippen molar-refractivity contribution in [3.63, 3.8) is 0 Å². The van der Waals surface area contributed by atoms with Crippen molar-refractivity contribution >= 4 is 28.9 Å². The Morgan fingerprint density at radius 3 is 2.70 bits per heavy atom. The van der Waals surface area contributed by atoms with Gasteiger partial charge in [0, 0.05) is 30.4 Å². The standard InChI is InChI=1S/C15H15Cl2NO2/c1-19-8-7-18-12-3-2-4-13(10-12)20-15-6-5-11(16)9-14(15)17/h2-6,9-10,18H,7-8H2,1H3. The van der Waals surface area contributed by atoms with Gasteiger partial charge in [0.2, 0.25) is 0 Å². The van der Waals surface area contributed by atoms with Crippen LogP contribution in [0.15, 0.2) is 42.5 Å². The molecule has 2 aromatic carbocycles. The van der Waals surface area contributed by atoms with E-state index in [0.29, 0.717) is 28.2 Å². The van der Waals surface area contributed by atoms with Crippen molar-refractivity contribution in [2.75, 3.05) is 25.6 Å². The van der Waals surface area contributed by atoms with Crippen LogP contribution in [0.3, 0.4) is 0 Å². The quantitative estimate of drug-likeness (QED) is 0.774. The smallest absolute Gasteiger partial charge is 0.146 e. The van der Waals surface area contributed by atoms with Gasteiger partial charge in [0.15, 0.2) is 0 Å². The van der Waals surface area contributed by atoms with E-state index in [0.717, 1.165) is 12.2 Å². The first-order chi connectivity index (χ1) is 9.69. The zero-order valence-corrected chi connectivity index (χ0v) is 12.5. The highest BCUT2D eigenvalue weighted by atomic mass is 35.5. The molecule has 2 rings (SSSR count). The van der Waals surface area contributed by atoms with Gasteiger partial charge in [-0.2, -0.15) is 0 Å². The molecule has 106 valence electrons. The van der Waals surface area contributed by atoms with Crippen LogP contribution in [0.25, 0.3) is 0 Å². The summed E-state index contributed by atoms with van der Waals surface area (Å²) in [6.07, 6.45) is 0. The summed E-state index contributed by atoms with van der Waals surface area (Å²) in [7, 11) is 1.67. The number of halogens is 2. The van der Waals surface area contributed by atoms with E-state index >= 15 is 0 Å². The summed E-state index contributed by atoms with van der Waals surface area (Å²) in [5.41, 5.74) is 0.963. The van der Waals surface area contributed by atoms with Crippen molar-refractivity contribution in [2.24, 2.45) is 0 Å². The number of hydrogen-bond donors (Lipinski definition) is 1. The molecule has 0 saturated carbocycles. The second-order valence-corrected chi connectivity index (χ2v) is 4.97. The maximum Gasteiger partial charge on any atom is 0.146 e. The fourth-order valence-corrected chi connectivity index (χ4v) is 2.10. The van der Waals surface area contributed by atoms with E-state index < -0.39 is 0 Å². The van der Waals surface area contributed by atoms with Crippen LogP contribution in [-0.2, 0) is 4.74 Å². The second-order valence-electron chi connectivity index (χ2n) is 4.12. The molecular formula is C15H15Cl2NO2. The molecule has 0 amide bonds. The van der Waals surface area contributed by atoms with Gasteiger partial charge in [-0.1, -0.05) is 29.3 Å². The van der Waals surface area contributed by atoms with Gasteiger partial charge in [-0.3, -0.25) is 0 Å². The number of hydrogen-bond acceptors (Lipinski definition) is 3. The van der Waals surface area contributed by atoms with Crippen LogP contribution in [0.4, 0.5) is 5.69 Å². The van der Waals surface area contributed by atoms with Gasteiger partial charge in [-0.05, 0) is 30.3 Å². The Labute approximate surface area is 128 Å². The Morgan fingerprint density at radius 1 is 1.10 bits per heavy atom. The van der Waals surface area contributed by atoms with Crippen LogP contribution in [0.1, 0.15) is 0 Å². The summed E-state index contributed by atoms with van der Waals surface area (Å²) >= 11 is 11.9. The molecule has 0 aromatic heterocycles. The molecule has 0 aliphatic rings. The lowest BCUT2D eigenvalue weighted by Crippen LogP contribution is -2.07. The normalized spacial score (nSPS) is 10.3. The monoisotopic (exact) mass is 311 g/mol. The molecule has 3 nitrogen and oxygen atoms in total. The van der Waals surface area contributed by atoms with E-state index in [-0.39, 0.29) is 0 Å². The molecule has 0 spiro atoms. The van der Waals surface area contributed by atoms with E-state index in [1.54, 1.807) is 25.3 Å². The molecule has 0 heterocycles. The van der Waals surface area contributed by atoms with E-state index in [4.69, 9.17) is 32.7 Å². The van der Waals surface area contributed by atoms with Gasteiger partial charge < -0.3 is 14.8 Å². The molecule has 2 aromatic rings. The molecule has 0 saturated heterocycles. The second kappa shape index (κ2) is 7.39. The SMILES string of the molecule is COCCNc1cccc(Oc2ccc(Cl)cc2Cl)c1. The third-order valence-electron chi connectivity index (χ3n) is 2.59. The van der Waals surface area contributed by atoms with Crippen LogP contribution < -0.4 is 10.1 Å². The zero-order valence-electron chi connectivity index (χ0n) is 11.0. The van der Waals surface area contributed by atoms with Crippen molar-refractivity contribution in [3.05, 3.63) is 52.5 Å². The van der Waals surface area contributed by atoms with Crippen molar-refractivity contribution in [1.82, 2.24) is 0 Å². The average Bonchev–Trinajstić information content (AvgIpc) is 2.43. The maximum atomic E-state index is 6.08. The molecule has 0 atom stereocenters. The van der Waals surface area contributed by atoms with Crippen molar-refractivity contribution in [2.45, 2.75) is 0 Å². The average molecular weight is 312 g/mol. The Hall–Kier alpha value is -1.42. The summed E-state index contributed by atoms with van der Waals surface area (Å²) in [5, 5.41) is 4.30. The topological polar surface area (TPSA) is 30.5 Å². The van der Waals surface area contributed by atoms with E-state index in [1.807, 2.05) is 24.3 Å². The van der Waals surface area contributed by atoms with Crippen molar-refractivity contribution in [3.8, 4) is 11.5 Å². The lowest BCUT2D eigenvalue weighted by atomic mass is 10.3. The number of benzene rings is 2. The first-order valence-corrected chi connectivity index (χ1v) is 6.90. The Bertz CT molecular complexity index is 576. The Kier molecular flexibility index (Phi) is 5.53. The van der Waals surface area contributed by atoms with Crippen LogP contribution in [0.5, 0.6) is 11.5 Å². The summed E-state index contributed by atoms with van der Waals surface area (Å²) in [5.74, 6) is 1.28. The predicted octanol–water partition coefficient (Wildman–Crippen LogP) is 4.84. The fraction of sp³-hybridized carbons (Fsp3) is 0.200. The summed E-state index contributed by atoms with van der Waals surface area (Å²) in [6.45, 7) is 1.38. The third kappa shape index (κ3) is 4.30. The van der Waals surface area contributed by atoms with Crippen LogP contribution in [0.2, 0.25) is 10.0 Å². The van der Waals surface area contributed by atoms with E-state index in [1.165, 1.54) is 0 Å². The summed E-state index contributed by atoms with van der Waals surface area (Å²) < 4.78 is 10.7. The first kappa shape index (κ1) is 15.0. The Balaban J connectivity index is 2.07. The summed E-state index contributed by atoms with van der Waals surface area (Å²) in [4.78, 5) is 0. The molecule has 0 aliphatic heterocycles. The van der Waals surface area contributed by atoms with Crippen LogP contribution in [-0.4, -0.2) is 20.3 Å². The number of anilines is 1. The van der Waals surface area contributed by atoms with Crippen molar-refractivity contribution < 1.29 is 9.47 Å². The molecule has 20 heavy (non-hydrogen) atoms. The number of methoxy groups -OCH3 is 1.